The van der Waals surface area contributed by atoms with Crippen LogP contribution >= 0.6 is 11.6 Å². The second-order valence-electron chi connectivity index (χ2n) is 8.27. The zero-order chi connectivity index (χ0) is 21.3. The van der Waals surface area contributed by atoms with Gasteiger partial charge in [0.05, 0.1) is 25.2 Å². The highest BCUT2D eigenvalue weighted by Gasteiger charge is 2.32. The molecule has 2 amide bonds. The molecular formula is C22H27ClN4O3. The number of nitrogens with one attached hydrogen (secondary N) is 1. The van der Waals surface area contributed by atoms with E-state index >= 15 is 0 Å². The minimum Gasteiger partial charge on any atom is -0.365 e. The lowest BCUT2D eigenvalue weighted by Gasteiger charge is -2.32. The number of ether oxygens (including phenoxy) is 1. The number of carbonyl (C=O) groups is 2. The maximum Gasteiger partial charge on any atom is 0.274 e. The highest BCUT2D eigenvalue weighted by Crippen LogP contribution is 2.29. The molecular weight excluding hydrogens is 404 g/mol. The van der Waals surface area contributed by atoms with Gasteiger partial charge in [0.1, 0.15) is 6.10 Å². The number of nitrogens with zero attached hydrogens (tertiary/aromatic N) is 3. The van der Waals surface area contributed by atoms with Gasteiger partial charge in [0, 0.05) is 30.1 Å². The van der Waals surface area contributed by atoms with E-state index in [-0.39, 0.29) is 29.9 Å². The SMILES string of the molecule is CC(C)NC(=O)C1CCN(C(=O)c2ncn3c2COC(c2ccc(Cl)cc2)C3)CC1. The summed E-state index contributed by atoms with van der Waals surface area (Å²) in [5.74, 6) is -0.0334. The number of piperidine rings is 1. The van der Waals surface area contributed by atoms with E-state index < -0.39 is 0 Å². The van der Waals surface area contributed by atoms with Crippen LogP contribution in [0.3, 0.4) is 0 Å². The molecule has 0 bridgehead atoms. The number of imidazole rings is 1. The Kier molecular flexibility index (Phi) is 6.11. The second kappa shape index (κ2) is 8.78. The Morgan fingerprint density at radius 2 is 1.90 bits per heavy atom. The summed E-state index contributed by atoms with van der Waals surface area (Å²) in [4.78, 5) is 31.5. The Morgan fingerprint density at radius 3 is 2.57 bits per heavy atom. The van der Waals surface area contributed by atoms with Crippen molar-refractivity contribution in [3.8, 4) is 0 Å². The van der Waals surface area contributed by atoms with Crippen molar-refractivity contribution in [2.75, 3.05) is 13.1 Å². The normalized spacial score (nSPS) is 19.6. The summed E-state index contributed by atoms with van der Waals surface area (Å²) < 4.78 is 8.02. The molecule has 1 unspecified atom stereocenters. The lowest BCUT2D eigenvalue weighted by Crippen LogP contribution is -2.44. The monoisotopic (exact) mass is 430 g/mol. The highest BCUT2D eigenvalue weighted by atomic mass is 35.5. The fraction of sp³-hybridized carbons (Fsp3) is 0.500. The molecule has 2 aliphatic heterocycles. The van der Waals surface area contributed by atoms with Gasteiger partial charge in [0.2, 0.25) is 5.91 Å². The molecule has 0 spiro atoms. The number of benzene rings is 1. The maximum absolute atomic E-state index is 13.1. The van der Waals surface area contributed by atoms with Crippen molar-refractivity contribution in [2.45, 2.75) is 52.0 Å². The number of amides is 2. The van der Waals surface area contributed by atoms with E-state index in [1.165, 1.54) is 0 Å². The third-order valence-corrected chi connectivity index (χ3v) is 6.01. The summed E-state index contributed by atoms with van der Waals surface area (Å²) in [6.07, 6.45) is 2.98. The number of halogens is 1. The molecule has 4 rings (SSSR count). The van der Waals surface area contributed by atoms with Gasteiger partial charge in [0.15, 0.2) is 5.69 Å². The van der Waals surface area contributed by atoms with Crippen LogP contribution in [0.25, 0.3) is 0 Å². The van der Waals surface area contributed by atoms with Crippen molar-refractivity contribution >= 4 is 23.4 Å². The number of rotatable bonds is 4. The zero-order valence-electron chi connectivity index (χ0n) is 17.3. The predicted molar refractivity (Wildman–Crippen MR) is 113 cm³/mol. The van der Waals surface area contributed by atoms with Gasteiger partial charge in [-0.3, -0.25) is 9.59 Å². The van der Waals surface area contributed by atoms with Crippen LogP contribution in [0.2, 0.25) is 5.02 Å². The van der Waals surface area contributed by atoms with Gasteiger partial charge in [0.25, 0.3) is 5.91 Å². The molecule has 1 atom stereocenters. The van der Waals surface area contributed by atoms with Gasteiger partial charge in [-0.2, -0.15) is 0 Å². The Bertz CT molecular complexity index is 917. The predicted octanol–water partition coefficient (Wildman–Crippen LogP) is 3.18. The van der Waals surface area contributed by atoms with Crippen LogP contribution in [0, 0.1) is 5.92 Å². The van der Waals surface area contributed by atoms with E-state index in [9.17, 15) is 9.59 Å². The number of hydrogen-bond acceptors (Lipinski definition) is 4. The first-order chi connectivity index (χ1) is 14.4. The summed E-state index contributed by atoms with van der Waals surface area (Å²) in [5, 5.41) is 3.65. The molecule has 2 aliphatic rings. The maximum atomic E-state index is 13.1. The van der Waals surface area contributed by atoms with E-state index in [1.54, 1.807) is 11.2 Å². The van der Waals surface area contributed by atoms with Crippen LogP contribution in [0.15, 0.2) is 30.6 Å². The molecule has 3 heterocycles. The van der Waals surface area contributed by atoms with Crippen LogP contribution in [0.4, 0.5) is 0 Å². The van der Waals surface area contributed by atoms with Gasteiger partial charge in [-0.25, -0.2) is 4.98 Å². The zero-order valence-corrected chi connectivity index (χ0v) is 18.1. The van der Waals surface area contributed by atoms with Crippen molar-refractivity contribution in [1.82, 2.24) is 19.8 Å². The van der Waals surface area contributed by atoms with Crippen LogP contribution < -0.4 is 5.32 Å². The highest BCUT2D eigenvalue weighted by molar-refractivity contribution is 6.30. The van der Waals surface area contributed by atoms with E-state index in [2.05, 4.69) is 10.3 Å². The Morgan fingerprint density at radius 1 is 1.20 bits per heavy atom. The van der Waals surface area contributed by atoms with Crippen molar-refractivity contribution in [2.24, 2.45) is 5.92 Å². The van der Waals surface area contributed by atoms with E-state index in [0.717, 1.165) is 11.3 Å². The number of fused-ring (bicyclic) bond motifs is 1. The van der Waals surface area contributed by atoms with Crippen molar-refractivity contribution in [3.05, 3.63) is 52.6 Å². The fourth-order valence-electron chi connectivity index (χ4n) is 4.08. The number of likely N-dealkylation sites (tertiary alicyclic amines) is 1. The molecule has 160 valence electrons. The molecule has 0 radical (unpaired) electrons. The summed E-state index contributed by atoms with van der Waals surface area (Å²) in [6, 6.07) is 7.75. The number of carbonyl (C=O) groups excluding carboxylic acids is 2. The molecule has 0 saturated carbocycles. The number of hydrogen-bond donors (Lipinski definition) is 1. The van der Waals surface area contributed by atoms with E-state index in [1.807, 2.05) is 42.7 Å². The lowest BCUT2D eigenvalue weighted by atomic mass is 9.95. The van der Waals surface area contributed by atoms with Crippen LogP contribution in [0.5, 0.6) is 0 Å². The summed E-state index contributed by atoms with van der Waals surface area (Å²) in [7, 11) is 0. The largest absolute Gasteiger partial charge is 0.365 e. The second-order valence-corrected chi connectivity index (χ2v) is 8.71. The lowest BCUT2D eigenvalue weighted by molar-refractivity contribution is -0.126. The van der Waals surface area contributed by atoms with Crippen LogP contribution in [-0.4, -0.2) is 45.4 Å². The minimum absolute atomic E-state index is 0.0316. The first-order valence-corrected chi connectivity index (χ1v) is 10.8. The molecule has 1 saturated heterocycles. The molecule has 1 fully saturated rings. The quantitative estimate of drug-likeness (QED) is 0.808. The molecule has 0 aliphatic carbocycles. The van der Waals surface area contributed by atoms with Gasteiger partial charge >= 0.3 is 0 Å². The molecule has 1 aromatic carbocycles. The molecule has 30 heavy (non-hydrogen) atoms. The van der Waals surface area contributed by atoms with Gasteiger partial charge in [-0.15, -0.1) is 0 Å². The Hall–Kier alpha value is -2.38. The topological polar surface area (TPSA) is 76.5 Å². The Labute approximate surface area is 181 Å². The van der Waals surface area contributed by atoms with E-state index in [4.69, 9.17) is 16.3 Å². The van der Waals surface area contributed by atoms with Gasteiger partial charge < -0.3 is 19.5 Å². The molecule has 7 nitrogen and oxygen atoms in total. The smallest absolute Gasteiger partial charge is 0.274 e. The molecule has 1 aromatic heterocycles. The molecule has 2 aromatic rings. The van der Waals surface area contributed by atoms with Crippen molar-refractivity contribution in [1.29, 1.82) is 0 Å². The van der Waals surface area contributed by atoms with Gasteiger partial charge in [-0.05, 0) is 44.4 Å². The first-order valence-electron chi connectivity index (χ1n) is 10.4. The average molecular weight is 431 g/mol. The van der Waals surface area contributed by atoms with Gasteiger partial charge in [-0.1, -0.05) is 23.7 Å². The van der Waals surface area contributed by atoms with Crippen LogP contribution in [0.1, 0.15) is 54.5 Å². The average Bonchev–Trinajstić information content (AvgIpc) is 3.16. The van der Waals surface area contributed by atoms with Crippen LogP contribution in [-0.2, 0) is 22.7 Å². The third-order valence-electron chi connectivity index (χ3n) is 5.76. The third kappa shape index (κ3) is 4.37. The molecule has 1 N–H and O–H groups in total. The first kappa shape index (κ1) is 20.9. The Balaban J connectivity index is 1.39. The standard InChI is InChI=1S/C22H27ClN4O3/c1-14(2)25-21(28)16-7-9-26(10-8-16)22(29)20-18-12-30-19(11-27(18)13-24-20)15-3-5-17(23)6-4-15/h3-6,13-14,16,19H,7-12H2,1-2H3,(H,25,28). The van der Waals surface area contributed by atoms with Crippen molar-refractivity contribution < 1.29 is 14.3 Å². The van der Waals surface area contributed by atoms with Crippen molar-refractivity contribution in [3.63, 3.8) is 0 Å². The summed E-state index contributed by atoms with van der Waals surface area (Å²) in [6.45, 7) is 5.98. The van der Waals surface area contributed by atoms with E-state index in [0.29, 0.717) is 49.8 Å². The summed E-state index contributed by atoms with van der Waals surface area (Å²) in [5.41, 5.74) is 2.31. The minimum atomic E-state index is -0.0952. The molecule has 8 heteroatoms. The number of aromatic nitrogens is 2. The summed E-state index contributed by atoms with van der Waals surface area (Å²) >= 11 is 5.97. The fourth-order valence-corrected chi connectivity index (χ4v) is 4.21.